The number of nitrogens with one attached hydrogen (secondary N) is 1. The number of nitrogens with two attached hydrogens (primary N) is 1. The molecule has 2 rings (SSSR count). The highest BCUT2D eigenvalue weighted by molar-refractivity contribution is 14.0. The maximum absolute atomic E-state index is 11.6. The van der Waals surface area contributed by atoms with Crippen molar-refractivity contribution in [2.24, 2.45) is 10.7 Å². The maximum atomic E-state index is 11.6. The van der Waals surface area contributed by atoms with Gasteiger partial charge in [0.25, 0.3) is 0 Å². The van der Waals surface area contributed by atoms with Crippen LogP contribution in [0.1, 0.15) is 44.9 Å². The molecule has 0 radical (unpaired) electrons. The summed E-state index contributed by atoms with van der Waals surface area (Å²) in [6, 6.07) is 0.428. The van der Waals surface area contributed by atoms with Gasteiger partial charge in [0.1, 0.15) is 0 Å². The molecule has 1 saturated heterocycles. The van der Waals surface area contributed by atoms with Crippen LogP contribution in [-0.4, -0.2) is 50.1 Å². The van der Waals surface area contributed by atoms with Gasteiger partial charge >= 0.3 is 0 Å². The SMILES string of the molecule is I.NC(=NCCN1CCCS1(=O)=O)NC1CCCCCC1. The van der Waals surface area contributed by atoms with Crippen molar-refractivity contribution in [3.8, 4) is 0 Å². The highest BCUT2D eigenvalue weighted by atomic mass is 127. The van der Waals surface area contributed by atoms with E-state index in [2.05, 4.69) is 10.3 Å². The first kappa shape index (κ1) is 19.0. The fourth-order valence-corrected chi connectivity index (χ4v) is 4.42. The smallest absolute Gasteiger partial charge is 0.214 e. The van der Waals surface area contributed by atoms with Crippen LogP contribution in [0.4, 0.5) is 0 Å². The van der Waals surface area contributed by atoms with Gasteiger partial charge in [-0.25, -0.2) is 12.7 Å². The predicted octanol–water partition coefficient (Wildman–Crippen LogP) is 1.27. The Morgan fingerprint density at radius 1 is 1.19 bits per heavy atom. The Hall–Kier alpha value is -0.0900. The van der Waals surface area contributed by atoms with Crippen LogP contribution in [0, 0.1) is 0 Å². The van der Waals surface area contributed by atoms with Crippen LogP contribution in [0.25, 0.3) is 0 Å². The highest BCUT2D eigenvalue weighted by Crippen LogP contribution is 2.17. The van der Waals surface area contributed by atoms with Crippen LogP contribution in [0.2, 0.25) is 0 Å². The van der Waals surface area contributed by atoms with E-state index in [1.54, 1.807) is 0 Å². The van der Waals surface area contributed by atoms with Crippen molar-refractivity contribution in [2.45, 2.75) is 51.0 Å². The topological polar surface area (TPSA) is 87.8 Å². The Bertz CT molecular complexity index is 433. The van der Waals surface area contributed by atoms with Crippen LogP contribution in [0.3, 0.4) is 0 Å². The van der Waals surface area contributed by atoms with E-state index in [1.165, 1.54) is 30.0 Å². The number of guanidine groups is 1. The third-order valence-electron chi connectivity index (χ3n) is 4.04. The molecule has 0 aromatic rings. The van der Waals surface area contributed by atoms with Gasteiger partial charge in [-0.05, 0) is 19.3 Å². The Morgan fingerprint density at radius 2 is 1.86 bits per heavy atom. The van der Waals surface area contributed by atoms with E-state index >= 15 is 0 Å². The standard InChI is InChI=1S/C13H26N4O2S.HI/c14-13(16-12-6-3-1-2-4-7-12)15-8-10-17-9-5-11-20(17,18)19;/h12H,1-11H2,(H3,14,15,16);1H. The quantitative estimate of drug-likeness (QED) is 0.304. The van der Waals surface area contributed by atoms with Gasteiger partial charge in [0.15, 0.2) is 5.96 Å². The number of sulfonamides is 1. The molecule has 0 spiro atoms. The van der Waals surface area contributed by atoms with Gasteiger partial charge in [-0.15, -0.1) is 24.0 Å². The number of hydrogen-bond donors (Lipinski definition) is 2. The fourth-order valence-electron chi connectivity index (χ4n) is 2.90. The molecule has 1 heterocycles. The first-order valence-corrected chi connectivity index (χ1v) is 9.23. The Morgan fingerprint density at radius 3 is 2.43 bits per heavy atom. The second kappa shape index (κ2) is 9.14. The summed E-state index contributed by atoms with van der Waals surface area (Å²) in [7, 11) is -3.01. The van der Waals surface area contributed by atoms with Crippen molar-refractivity contribution in [1.29, 1.82) is 0 Å². The van der Waals surface area contributed by atoms with Gasteiger partial charge in [-0.1, -0.05) is 25.7 Å². The van der Waals surface area contributed by atoms with Gasteiger partial charge in [-0.3, -0.25) is 4.99 Å². The number of hydrogen-bond acceptors (Lipinski definition) is 3. The lowest BCUT2D eigenvalue weighted by Gasteiger charge is -2.17. The van der Waals surface area contributed by atoms with Crippen molar-refractivity contribution in [1.82, 2.24) is 9.62 Å². The zero-order valence-corrected chi connectivity index (χ0v) is 15.6. The first-order valence-electron chi connectivity index (χ1n) is 7.62. The molecule has 6 nitrogen and oxygen atoms in total. The molecule has 2 aliphatic rings. The minimum Gasteiger partial charge on any atom is -0.370 e. The molecule has 21 heavy (non-hydrogen) atoms. The van der Waals surface area contributed by atoms with E-state index in [0.717, 1.165) is 19.3 Å². The molecular formula is C13H27IN4O2S. The molecule has 2 fully saturated rings. The molecule has 3 N–H and O–H groups in total. The van der Waals surface area contributed by atoms with Crippen molar-refractivity contribution in [3.05, 3.63) is 0 Å². The van der Waals surface area contributed by atoms with Gasteiger partial charge < -0.3 is 11.1 Å². The second-order valence-corrected chi connectivity index (χ2v) is 7.76. The fraction of sp³-hybridized carbons (Fsp3) is 0.923. The van der Waals surface area contributed by atoms with Crippen LogP contribution < -0.4 is 11.1 Å². The first-order chi connectivity index (χ1) is 9.58. The summed E-state index contributed by atoms with van der Waals surface area (Å²) >= 11 is 0. The van der Waals surface area contributed by atoms with E-state index < -0.39 is 10.0 Å². The third kappa shape index (κ3) is 6.27. The van der Waals surface area contributed by atoms with Crippen molar-refractivity contribution in [3.63, 3.8) is 0 Å². The summed E-state index contributed by atoms with van der Waals surface area (Å²) in [6.07, 6.45) is 8.13. The lowest BCUT2D eigenvalue weighted by Crippen LogP contribution is -2.40. The van der Waals surface area contributed by atoms with Crippen LogP contribution >= 0.6 is 24.0 Å². The highest BCUT2D eigenvalue weighted by Gasteiger charge is 2.27. The molecule has 0 unspecified atom stereocenters. The molecule has 0 atom stereocenters. The van der Waals surface area contributed by atoms with Crippen molar-refractivity contribution in [2.75, 3.05) is 25.4 Å². The summed E-state index contributed by atoms with van der Waals surface area (Å²) in [4.78, 5) is 4.26. The van der Waals surface area contributed by atoms with Crippen LogP contribution in [0.15, 0.2) is 4.99 Å². The number of aliphatic imine (C=N–C) groups is 1. The average molecular weight is 430 g/mol. The van der Waals surface area contributed by atoms with E-state index in [9.17, 15) is 8.42 Å². The van der Waals surface area contributed by atoms with Gasteiger partial charge in [0.05, 0.1) is 12.3 Å². The van der Waals surface area contributed by atoms with Gasteiger partial charge in [0, 0.05) is 19.1 Å². The minimum atomic E-state index is -3.01. The molecule has 1 saturated carbocycles. The molecule has 8 heteroatoms. The van der Waals surface area contributed by atoms with Crippen molar-refractivity contribution >= 4 is 40.0 Å². The van der Waals surface area contributed by atoms with E-state index in [4.69, 9.17) is 5.73 Å². The van der Waals surface area contributed by atoms with Gasteiger partial charge in [0.2, 0.25) is 10.0 Å². The lowest BCUT2D eigenvalue weighted by atomic mass is 10.1. The molecule has 0 aromatic heterocycles. The average Bonchev–Trinajstić information content (AvgIpc) is 2.61. The predicted molar refractivity (Wildman–Crippen MR) is 96.5 cm³/mol. The zero-order chi connectivity index (χ0) is 14.4. The number of halogens is 1. The Balaban J connectivity index is 0.00000220. The molecular weight excluding hydrogens is 403 g/mol. The summed E-state index contributed by atoms with van der Waals surface area (Å²) in [6.45, 7) is 1.49. The summed E-state index contributed by atoms with van der Waals surface area (Å²) in [5.74, 6) is 0.723. The van der Waals surface area contributed by atoms with Crippen molar-refractivity contribution < 1.29 is 8.42 Å². The molecule has 0 aromatic carbocycles. The number of nitrogens with zero attached hydrogens (tertiary/aromatic N) is 2. The Kier molecular flexibility index (Phi) is 8.25. The maximum Gasteiger partial charge on any atom is 0.214 e. The van der Waals surface area contributed by atoms with Crippen LogP contribution in [-0.2, 0) is 10.0 Å². The van der Waals surface area contributed by atoms with E-state index in [1.807, 2.05) is 0 Å². The monoisotopic (exact) mass is 430 g/mol. The van der Waals surface area contributed by atoms with E-state index in [0.29, 0.717) is 31.6 Å². The second-order valence-electron chi connectivity index (χ2n) is 5.67. The third-order valence-corrected chi connectivity index (χ3v) is 6.00. The number of rotatable bonds is 4. The Labute approximate surface area is 145 Å². The summed E-state index contributed by atoms with van der Waals surface area (Å²) < 4.78 is 24.8. The molecule has 0 amide bonds. The largest absolute Gasteiger partial charge is 0.370 e. The zero-order valence-electron chi connectivity index (χ0n) is 12.5. The molecule has 0 bridgehead atoms. The van der Waals surface area contributed by atoms with Gasteiger partial charge in [-0.2, -0.15) is 0 Å². The summed E-state index contributed by atoms with van der Waals surface area (Å²) in [5, 5.41) is 3.26. The normalized spacial score (nSPS) is 24.3. The molecule has 1 aliphatic heterocycles. The minimum absolute atomic E-state index is 0. The lowest BCUT2D eigenvalue weighted by molar-refractivity contribution is 0.451. The summed E-state index contributed by atoms with van der Waals surface area (Å²) in [5.41, 5.74) is 5.88. The molecule has 1 aliphatic carbocycles. The van der Waals surface area contributed by atoms with E-state index in [-0.39, 0.29) is 29.7 Å². The molecule has 124 valence electrons. The van der Waals surface area contributed by atoms with Crippen LogP contribution in [0.5, 0.6) is 0 Å².